The van der Waals surface area contributed by atoms with Crippen LogP contribution in [-0.4, -0.2) is 14.2 Å². The first-order valence-corrected chi connectivity index (χ1v) is 6.21. The van der Waals surface area contributed by atoms with Gasteiger partial charge in [0.15, 0.2) is 9.84 Å². The molecule has 0 atom stereocenters. The molecule has 4 heteroatoms. The fraction of sp³-hybridized carbons (Fsp3) is 0.400. The van der Waals surface area contributed by atoms with Gasteiger partial charge in [0.1, 0.15) is 0 Å². The maximum Gasteiger partial charge on any atom is 0.178 e. The average Bonchev–Trinajstić information content (AvgIpc) is 2.02. The van der Waals surface area contributed by atoms with Crippen molar-refractivity contribution in [3.05, 3.63) is 23.8 Å². The summed E-state index contributed by atoms with van der Waals surface area (Å²) < 4.78 is 23.4. The standard InChI is InChI=1S/C10H15NO2S/c1-3-4-14(12,13)10-6-8(2)5-9(11)7-10/h5-7H,3-4,11H2,1-2H3. The van der Waals surface area contributed by atoms with Gasteiger partial charge in [0.2, 0.25) is 0 Å². The van der Waals surface area contributed by atoms with E-state index in [9.17, 15) is 8.42 Å². The van der Waals surface area contributed by atoms with E-state index in [0.717, 1.165) is 5.56 Å². The minimum absolute atomic E-state index is 0.176. The Labute approximate surface area is 84.9 Å². The molecule has 3 nitrogen and oxygen atoms in total. The van der Waals surface area contributed by atoms with Gasteiger partial charge >= 0.3 is 0 Å². The van der Waals surface area contributed by atoms with Gasteiger partial charge in [-0.3, -0.25) is 0 Å². The molecule has 0 amide bonds. The molecule has 0 bridgehead atoms. The zero-order valence-electron chi connectivity index (χ0n) is 8.45. The van der Waals surface area contributed by atoms with Gasteiger partial charge in [-0.05, 0) is 37.1 Å². The van der Waals surface area contributed by atoms with E-state index < -0.39 is 9.84 Å². The predicted molar refractivity (Wildman–Crippen MR) is 57.9 cm³/mol. The zero-order chi connectivity index (χ0) is 10.8. The van der Waals surface area contributed by atoms with Crippen LogP contribution in [-0.2, 0) is 9.84 Å². The fourth-order valence-electron chi connectivity index (χ4n) is 1.34. The normalized spacial score (nSPS) is 11.6. The van der Waals surface area contributed by atoms with Crippen LogP contribution in [0.1, 0.15) is 18.9 Å². The number of rotatable bonds is 3. The second-order valence-electron chi connectivity index (χ2n) is 3.40. The van der Waals surface area contributed by atoms with E-state index >= 15 is 0 Å². The third kappa shape index (κ3) is 2.48. The van der Waals surface area contributed by atoms with Gasteiger partial charge in [-0.1, -0.05) is 6.92 Å². The van der Waals surface area contributed by atoms with Crippen molar-refractivity contribution in [3.63, 3.8) is 0 Å². The Balaban J connectivity index is 3.19. The highest BCUT2D eigenvalue weighted by atomic mass is 32.2. The third-order valence-electron chi connectivity index (χ3n) is 1.91. The van der Waals surface area contributed by atoms with Crippen molar-refractivity contribution >= 4 is 15.5 Å². The van der Waals surface area contributed by atoms with E-state index in [1.54, 1.807) is 12.1 Å². The van der Waals surface area contributed by atoms with Crippen LogP contribution < -0.4 is 5.73 Å². The number of benzene rings is 1. The lowest BCUT2D eigenvalue weighted by Gasteiger charge is -2.05. The number of hydrogen-bond acceptors (Lipinski definition) is 3. The second kappa shape index (κ2) is 4.00. The molecule has 0 aliphatic carbocycles. The van der Waals surface area contributed by atoms with Crippen molar-refractivity contribution < 1.29 is 8.42 Å². The first-order valence-electron chi connectivity index (χ1n) is 4.55. The summed E-state index contributed by atoms with van der Waals surface area (Å²) in [6.45, 7) is 3.68. The average molecular weight is 213 g/mol. The van der Waals surface area contributed by atoms with Gasteiger partial charge in [-0.2, -0.15) is 0 Å². The Kier molecular flexibility index (Phi) is 3.16. The minimum Gasteiger partial charge on any atom is -0.399 e. The van der Waals surface area contributed by atoms with Crippen LogP contribution >= 0.6 is 0 Å². The molecule has 0 heterocycles. The lowest BCUT2D eigenvalue weighted by Crippen LogP contribution is -2.06. The van der Waals surface area contributed by atoms with Crippen molar-refractivity contribution in [3.8, 4) is 0 Å². The topological polar surface area (TPSA) is 60.2 Å². The van der Waals surface area contributed by atoms with Gasteiger partial charge in [0.05, 0.1) is 10.6 Å². The molecule has 0 spiro atoms. The van der Waals surface area contributed by atoms with E-state index in [-0.39, 0.29) is 5.75 Å². The molecule has 0 unspecified atom stereocenters. The maximum absolute atomic E-state index is 11.7. The van der Waals surface area contributed by atoms with Crippen LogP contribution in [0.5, 0.6) is 0 Å². The van der Waals surface area contributed by atoms with Gasteiger partial charge < -0.3 is 5.73 Å². The molecule has 0 fully saturated rings. The summed E-state index contributed by atoms with van der Waals surface area (Å²) in [6, 6.07) is 4.92. The summed E-state index contributed by atoms with van der Waals surface area (Å²) in [7, 11) is -3.14. The van der Waals surface area contributed by atoms with Crippen molar-refractivity contribution in [1.29, 1.82) is 0 Å². The summed E-state index contributed by atoms with van der Waals surface area (Å²) in [4.78, 5) is 0.330. The third-order valence-corrected chi connectivity index (χ3v) is 3.80. The molecule has 14 heavy (non-hydrogen) atoms. The molecule has 0 radical (unpaired) electrons. The molecule has 78 valence electrons. The highest BCUT2D eigenvalue weighted by Gasteiger charge is 2.13. The fourth-order valence-corrected chi connectivity index (χ4v) is 2.80. The number of hydrogen-bond donors (Lipinski definition) is 1. The van der Waals surface area contributed by atoms with Crippen molar-refractivity contribution in [2.24, 2.45) is 0 Å². The van der Waals surface area contributed by atoms with Crippen LogP contribution in [0.25, 0.3) is 0 Å². The van der Waals surface area contributed by atoms with Crippen molar-refractivity contribution in [1.82, 2.24) is 0 Å². The van der Waals surface area contributed by atoms with Crippen LogP contribution in [0.3, 0.4) is 0 Å². The minimum atomic E-state index is -3.14. The summed E-state index contributed by atoms with van der Waals surface area (Å²) in [5.41, 5.74) is 6.96. The number of nitrogen functional groups attached to an aromatic ring is 1. The Bertz CT molecular complexity index is 403. The zero-order valence-corrected chi connectivity index (χ0v) is 9.26. The van der Waals surface area contributed by atoms with Gasteiger partial charge in [-0.15, -0.1) is 0 Å². The summed E-state index contributed by atoms with van der Waals surface area (Å²) in [5.74, 6) is 0.176. The molecule has 0 aromatic heterocycles. The first-order chi connectivity index (χ1) is 6.45. The van der Waals surface area contributed by atoms with Crippen LogP contribution in [0, 0.1) is 6.92 Å². The number of aryl methyl sites for hydroxylation is 1. The molecule has 0 saturated carbocycles. The van der Waals surface area contributed by atoms with Crippen LogP contribution in [0.15, 0.2) is 23.1 Å². The number of sulfone groups is 1. The smallest absolute Gasteiger partial charge is 0.178 e. The number of nitrogens with two attached hydrogens (primary N) is 1. The van der Waals surface area contributed by atoms with E-state index in [2.05, 4.69) is 0 Å². The highest BCUT2D eigenvalue weighted by Crippen LogP contribution is 2.17. The molecule has 0 aliphatic rings. The molecule has 0 aliphatic heterocycles. The first kappa shape index (κ1) is 11.0. The van der Waals surface area contributed by atoms with Crippen molar-refractivity contribution in [2.45, 2.75) is 25.2 Å². The highest BCUT2D eigenvalue weighted by molar-refractivity contribution is 7.91. The predicted octanol–water partition coefficient (Wildman–Crippen LogP) is 1.76. The summed E-state index contributed by atoms with van der Waals surface area (Å²) in [6.07, 6.45) is 0.621. The molecule has 1 aromatic rings. The summed E-state index contributed by atoms with van der Waals surface area (Å²) >= 11 is 0. The SMILES string of the molecule is CCCS(=O)(=O)c1cc(C)cc(N)c1. The monoisotopic (exact) mass is 213 g/mol. The Morgan fingerprint density at radius 1 is 1.29 bits per heavy atom. The van der Waals surface area contributed by atoms with E-state index in [4.69, 9.17) is 5.73 Å². The van der Waals surface area contributed by atoms with E-state index in [1.165, 1.54) is 6.07 Å². The molecule has 1 rings (SSSR count). The lowest BCUT2D eigenvalue weighted by molar-refractivity contribution is 0.594. The van der Waals surface area contributed by atoms with Crippen LogP contribution in [0.4, 0.5) is 5.69 Å². The lowest BCUT2D eigenvalue weighted by atomic mass is 10.2. The molecule has 2 N–H and O–H groups in total. The van der Waals surface area contributed by atoms with Gasteiger partial charge in [0.25, 0.3) is 0 Å². The molecular formula is C10H15NO2S. The quantitative estimate of drug-likeness (QED) is 0.778. The second-order valence-corrected chi connectivity index (χ2v) is 5.51. The van der Waals surface area contributed by atoms with Crippen LogP contribution in [0.2, 0.25) is 0 Å². The molecular weight excluding hydrogens is 198 g/mol. The molecule has 1 aromatic carbocycles. The van der Waals surface area contributed by atoms with Gasteiger partial charge in [0, 0.05) is 5.69 Å². The Morgan fingerprint density at radius 2 is 1.93 bits per heavy atom. The van der Waals surface area contributed by atoms with Gasteiger partial charge in [-0.25, -0.2) is 8.42 Å². The molecule has 0 saturated heterocycles. The van der Waals surface area contributed by atoms with E-state index in [0.29, 0.717) is 17.0 Å². The summed E-state index contributed by atoms with van der Waals surface area (Å²) in [5, 5.41) is 0. The number of anilines is 1. The van der Waals surface area contributed by atoms with E-state index in [1.807, 2.05) is 13.8 Å². The maximum atomic E-state index is 11.7. The van der Waals surface area contributed by atoms with Crippen molar-refractivity contribution in [2.75, 3.05) is 11.5 Å². The Morgan fingerprint density at radius 3 is 2.43 bits per heavy atom. The Hall–Kier alpha value is -1.03. The largest absolute Gasteiger partial charge is 0.399 e.